The van der Waals surface area contributed by atoms with Crippen molar-refractivity contribution in [3.63, 3.8) is 0 Å². The van der Waals surface area contributed by atoms with Gasteiger partial charge in [-0.2, -0.15) is 0 Å². The summed E-state index contributed by atoms with van der Waals surface area (Å²) < 4.78 is -0.807. The van der Waals surface area contributed by atoms with Crippen molar-refractivity contribution in [2.45, 2.75) is 63.4 Å². The maximum atomic E-state index is 13.7. The first kappa shape index (κ1) is 33.0. The van der Waals surface area contributed by atoms with Gasteiger partial charge in [-0.1, -0.05) is 51.9 Å². The smallest absolute Gasteiger partial charge is 0.322 e. The van der Waals surface area contributed by atoms with E-state index in [1.807, 2.05) is 26.2 Å². The number of nitrogens with two attached hydrogens (primary N) is 1. The minimum Gasteiger partial charge on any atom is -0.508 e. The van der Waals surface area contributed by atoms with Gasteiger partial charge >= 0.3 is 5.97 Å². The molecule has 0 radical (unpaired) electrons. The number of aryl methyl sites for hydroxylation is 2. The van der Waals surface area contributed by atoms with Crippen molar-refractivity contribution in [2.24, 2.45) is 5.73 Å². The Bertz CT molecular complexity index is 1190. The van der Waals surface area contributed by atoms with Crippen LogP contribution in [0.1, 0.15) is 36.1 Å². The summed E-state index contributed by atoms with van der Waals surface area (Å²) in [5.41, 5.74) is 9.46. The molecule has 0 aliphatic heterocycles. The molecule has 0 saturated heterocycles. The number of phenolic OH excluding ortho intramolecular Hbond substituents is 1. The van der Waals surface area contributed by atoms with Gasteiger partial charge in [-0.15, -0.1) is 0 Å². The summed E-state index contributed by atoms with van der Waals surface area (Å²) in [4.78, 5) is 50.8. The molecule has 3 atom stereocenters. The van der Waals surface area contributed by atoms with Gasteiger partial charge in [0.05, 0.1) is 6.04 Å². The maximum absolute atomic E-state index is 13.7. The van der Waals surface area contributed by atoms with Crippen LogP contribution in [0.2, 0.25) is 0 Å². The zero-order chi connectivity index (χ0) is 30.0. The van der Waals surface area contributed by atoms with E-state index in [1.54, 1.807) is 50.2 Å². The van der Waals surface area contributed by atoms with Crippen LogP contribution in [0, 0.1) is 13.8 Å². The number of amides is 3. The van der Waals surface area contributed by atoms with Gasteiger partial charge in [-0.25, -0.2) is 0 Å². The Morgan fingerprint density at radius 2 is 1.55 bits per heavy atom. The topological polar surface area (TPSA) is 171 Å². The average molecular weight is 591 g/mol. The van der Waals surface area contributed by atoms with Crippen LogP contribution in [0.4, 0.5) is 0 Å². The zero-order valence-electron chi connectivity index (χ0n) is 23.3. The van der Waals surface area contributed by atoms with Gasteiger partial charge in [-0.3, -0.25) is 19.2 Å². The summed E-state index contributed by atoms with van der Waals surface area (Å²) in [6.45, 7) is 6.65. The van der Waals surface area contributed by atoms with Crippen LogP contribution in [0.3, 0.4) is 0 Å². The molecule has 2 aromatic carbocycles. The molecule has 40 heavy (non-hydrogen) atoms. The fourth-order valence-corrected chi connectivity index (χ4v) is 6.54. The molecule has 218 valence electrons. The Morgan fingerprint density at radius 3 is 2.10 bits per heavy atom. The van der Waals surface area contributed by atoms with Gasteiger partial charge in [0.25, 0.3) is 0 Å². The van der Waals surface area contributed by atoms with Gasteiger partial charge in [-0.05, 0) is 74.8 Å². The minimum atomic E-state index is -1.21. The number of nitrogens with one attached hydrogen (secondary N) is 3. The first-order chi connectivity index (χ1) is 18.7. The fourth-order valence-electron chi connectivity index (χ4n) is 4.27. The van der Waals surface area contributed by atoms with Gasteiger partial charge in [0.2, 0.25) is 17.7 Å². The first-order valence-electron chi connectivity index (χ1n) is 12.7. The molecular weight excluding hydrogens is 552 g/mol. The first-order valence-corrected chi connectivity index (χ1v) is 15.2. The van der Waals surface area contributed by atoms with E-state index >= 15 is 0 Å². The van der Waals surface area contributed by atoms with E-state index in [1.165, 1.54) is 21.6 Å². The summed E-state index contributed by atoms with van der Waals surface area (Å²) in [5, 5.41) is 26.7. The van der Waals surface area contributed by atoms with Crippen molar-refractivity contribution in [2.75, 3.05) is 12.8 Å². The third-order valence-corrected chi connectivity index (χ3v) is 8.93. The van der Waals surface area contributed by atoms with E-state index in [-0.39, 0.29) is 18.6 Å². The highest BCUT2D eigenvalue weighted by Crippen LogP contribution is 2.36. The number of carbonyl (C=O) groups excluding carboxylic acids is 3. The van der Waals surface area contributed by atoms with E-state index in [2.05, 4.69) is 16.0 Å². The van der Waals surface area contributed by atoms with Gasteiger partial charge < -0.3 is 31.9 Å². The molecule has 0 aliphatic rings. The highest BCUT2D eigenvalue weighted by molar-refractivity contribution is 8.77. The average Bonchev–Trinajstić information content (AvgIpc) is 2.87. The summed E-state index contributed by atoms with van der Waals surface area (Å²) >= 11 is 0. The molecule has 0 aromatic heterocycles. The van der Waals surface area contributed by atoms with E-state index in [0.29, 0.717) is 0 Å². The molecular formula is C28H38N4O6S2. The van der Waals surface area contributed by atoms with Gasteiger partial charge in [0.1, 0.15) is 24.4 Å². The molecule has 10 nitrogen and oxygen atoms in total. The molecule has 3 amide bonds. The van der Waals surface area contributed by atoms with Crippen LogP contribution >= 0.6 is 21.6 Å². The highest BCUT2D eigenvalue weighted by atomic mass is 33.1. The molecule has 0 aliphatic carbocycles. The SMILES string of the molecule is CSSC(C)(C)[C@@H](NC(=O)[C@@H](N)Cc1c(C)cc(O)cc1C)C(=O)N[C@@H](Cc1ccccc1)C(=O)NCC(=O)O. The van der Waals surface area contributed by atoms with Crippen LogP contribution in [-0.4, -0.2) is 69.6 Å². The van der Waals surface area contributed by atoms with E-state index in [4.69, 9.17) is 10.8 Å². The van der Waals surface area contributed by atoms with Crippen molar-refractivity contribution in [1.82, 2.24) is 16.0 Å². The lowest BCUT2D eigenvalue weighted by Gasteiger charge is -2.34. The number of carboxylic acids is 1. The number of aromatic hydroxyl groups is 1. The molecule has 0 unspecified atom stereocenters. The Balaban J connectivity index is 2.28. The van der Waals surface area contributed by atoms with Crippen LogP contribution in [0.25, 0.3) is 0 Å². The Labute approximate surface area is 242 Å². The molecule has 7 N–H and O–H groups in total. The lowest BCUT2D eigenvalue weighted by molar-refractivity contribution is -0.138. The highest BCUT2D eigenvalue weighted by Gasteiger charge is 2.39. The Kier molecular flexibility index (Phi) is 12.3. The van der Waals surface area contributed by atoms with Crippen molar-refractivity contribution in [3.8, 4) is 5.75 Å². The van der Waals surface area contributed by atoms with Crippen molar-refractivity contribution < 1.29 is 29.4 Å². The number of hydrogen-bond donors (Lipinski definition) is 6. The fraction of sp³-hybridized carbons (Fsp3) is 0.429. The Hall–Kier alpha value is -3.22. The molecule has 0 fully saturated rings. The minimum absolute atomic E-state index is 0.119. The molecule has 0 bridgehead atoms. The number of aliphatic carboxylic acids is 1. The van der Waals surface area contributed by atoms with Gasteiger partial charge in [0.15, 0.2) is 0 Å². The third kappa shape index (κ3) is 9.76. The van der Waals surface area contributed by atoms with Crippen LogP contribution in [0.5, 0.6) is 5.75 Å². The molecule has 0 heterocycles. The zero-order valence-corrected chi connectivity index (χ0v) is 24.9. The molecule has 0 saturated carbocycles. The predicted octanol–water partition coefficient (Wildman–Crippen LogP) is 2.08. The number of carbonyl (C=O) groups is 4. The number of rotatable bonds is 14. The van der Waals surface area contributed by atoms with Crippen LogP contribution < -0.4 is 21.7 Å². The van der Waals surface area contributed by atoms with Crippen LogP contribution in [0.15, 0.2) is 42.5 Å². The van der Waals surface area contributed by atoms with E-state index in [0.717, 1.165) is 22.3 Å². The summed E-state index contributed by atoms with van der Waals surface area (Å²) in [6, 6.07) is 9.06. The summed E-state index contributed by atoms with van der Waals surface area (Å²) in [6.07, 6.45) is 2.17. The molecule has 12 heteroatoms. The Morgan fingerprint density at radius 1 is 0.950 bits per heavy atom. The normalized spacial score (nSPS) is 13.6. The van der Waals surface area contributed by atoms with Crippen LogP contribution in [-0.2, 0) is 32.0 Å². The second-order valence-electron chi connectivity index (χ2n) is 10.0. The third-order valence-electron chi connectivity index (χ3n) is 6.31. The standard InChI is InChI=1S/C28H38N4O6S2/c1-16-11-19(33)12-17(2)20(16)14-21(29)25(36)32-24(28(3,4)40-39-5)27(38)31-22(26(37)30-15-23(34)35)13-18-9-7-6-8-10-18/h6-12,21-22,24,33H,13-15,29H2,1-5H3,(H,30,37)(H,31,38)(H,32,36)(H,34,35)/t21-,22-,24-/m0/s1. The predicted molar refractivity (Wildman–Crippen MR) is 159 cm³/mol. The quantitative estimate of drug-likeness (QED) is 0.180. The maximum Gasteiger partial charge on any atom is 0.322 e. The van der Waals surface area contributed by atoms with Crippen molar-refractivity contribution in [3.05, 3.63) is 64.7 Å². The number of hydrogen-bond acceptors (Lipinski definition) is 8. The summed E-state index contributed by atoms with van der Waals surface area (Å²) in [7, 11) is 2.80. The molecule has 2 aromatic rings. The second-order valence-corrected chi connectivity index (χ2v) is 13.1. The second kappa shape index (κ2) is 15.0. The number of benzene rings is 2. The van der Waals surface area contributed by atoms with E-state index in [9.17, 15) is 24.3 Å². The monoisotopic (exact) mass is 590 g/mol. The lowest BCUT2D eigenvalue weighted by Crippen LogP contribution is -2.62. The number of carboxylic acid groups (broad SMARTS) is 1. The largest absolute Gasteiger partial charge is 0.508 e. The molecule has 2 rings (SSSR count). The van der Waals surface area contributed by atoms with Crippen molar-refractivity contribution in [1.29, 1.82) is 0 Å². The number of phenols is 1. The van der Waals surface area contributed by atoms with Crippen molar-refractivity contribution >= 4 is 45.3 Å². The summed E-state index contributed by atoms with van der Waals surface area (Å²) in [5.74, 6) is -2.89. The van der Waals surface area contributed by atoms with E-state index < -0.39 is 53.1 Å². The van der Waals surface area contributed by atoms with Gasteiger partial charge in [0, 0.05) is 11.2 Å². The lowest BCUT2D eigenvalue weighted by atomic mass is 9.95. The molecule has 0 spiro atoms.